The topological polar surface area (TPSA) is 87.2 Å². The SMILES string of the molecule is CN=C(NCC(C)N1CCOCC1C)NCC(C)(C)NC(=O)OC(C)(C)C.I. The van der Waals surface area contributed by atoms with Gasteiger partial charge in [-0.3, -0.25) is 9.89 Å². The van der Waals surface area contributed by atoms with Crippen LogP contribution in [0.15, 0.2) is 4.99 Å². The van der Waals surface area contributed by atoms with E-state index in [9.17, 15) is 4.79 Å². The maximum absolute atomic E-state index is 12.0. The summed E-state index contributed by atoms with van der Waals surface area (Å²) in [5, 5.41) is 9.52. The van der Waals surface area contributed by atoms with Crippen LogP contribution in [0, 0.1) is 0 Å². The molecule has 0 aromatic rings. The molecule has 28 heavy (non-hydrogen) atoms. The van der Waals surface area contributed by atoms with E-state index in [1.165, 1.54) is 0 Å². The molecular formula is C19H40IN5O3. The van der Waals surface area contributed by atoms with E-state index in [0.717, 1.165) is 26.3 Å². The van der Waals surface area contributed by atoms with Gasteiger partial charge in [-0.1, -0.05) is 0 Å². The van der Waals surface area contributed by atoms with Crippen LogP contribution in [-0.4, -0.2) is 80.1 Å². The third-order valence-electron chi connectivity index (χ3n) is 4.31. The molecule has 1 rings (SSSR count). The lowest BCUT2D eigenvalue weighted by atomic mass is 10.1. The summed E-state index contributed by atoms with van der Waals surface area (Å²) < 4.78 is 10.8. The van der Waals surface area contributed by atoms with Crippen molar-refractivity contribution in [2.45, 2.75) is 71.7 Å². The van der Waals surface area contributed by atoms with Gasteiger partial charge in [-0.05, 0) is 48.5 Å². The smallest absolute Gasteiger partial charge is 0.408 e. The molecule has 1 saturated heterocycles. The summed E-state index contributed by atoms with van der Waals surface area (Å²) in [5.41, 5.74) is -0.998. The Kier molecular flexibility index (Phi) is 11.7. The molecule has 0 aliphatic carbocycles. The van der Waals surface area contributed by atoms with Crippen LogP contribution < -0.4 is 16.0 Å². The van der Waals surface area contributed by atoms with Crippen molar-refractivity contribution in [2.75, 3.05) is 39.9 Å². The Morgan fingerprint density at radius 3 is 2.46 bits per heavy atom. The normalized spacial score (nSPS) is 20.0. The number of morpholine rings is 1. The molecule has 1 amide bonds. The number of amides is 1. The predicted octanol–water partition coefficient (Wildman–Crippen LogP) is 2.18. The second-order valence-electron chi connectivity index (χ2n) is 8.83. The molecule has 2 atom stereocenters. The van der Waals surface area contributed by atoms with Crippen molar-refractivity contribution in [3.05, 3.63) is 0 Å². The zero-order valence-electron chi connectivity index (χ0n) is 18.7. The number of rotatable bonds is 6. The molecular weight excluding hydrogens is 473 g/mol. The minimum atomic E-state index is -0.516. The van der Waals surface area contributed by atoms with Gasteiger partial charge in [0.25, 0.3) is 0 Å². The average molecular weight is 513 g/mol. The fraction of sp³-hybridized carbons (Fsp3) is 0.895. The minimum absolute atomic E-state index is 0. The summed E-state index contributed by atoms with van der Waals surface area (Å²) in [5.74, 6) is 0.710. The summed E-state index contributed by atoms with van der Waals surface area (Å²) in [6.07, 6.45) is -0.424. The summed E-state index contributed by atoms with van der Waals surface area (Å²) >= 11 is 0. The number of nitrogens with one attached hydrogen (secondary N) is 3. The van der Waals surface area contributed by atoms with Gasteiger partial charge in [0, 0.05) is 38.8 Å². The van der Waals surface area contributed by atoms with Crippen LogP contribution >= 0.6 is 24.0 Å². The number of alkyl carbamates (subject to hydrolysis) is 1. The van der Waals surface area contributed by atoms with Gasteiger partial charge in [-0.2, -0.15) is 0 Å². The van der Waals surface area contributed by atoms with Crippen LogP contribution in [0.25, 0.3) is 0 Å². The first-order valence-corrected chi connectivity index (χ1v) is 9.73. The summed E-state index contributed by atoms with van der Waals surface area (Å²) in [7, 11) is 1.74. The number of nitrogens with zero attached hydrogens (tertiary/aromatic N) is 2. The molecule has 1 fully saturated rings. The number of carbonyl (C=O) groups is 1. The number of hydrogen-bond donors (Lipinski definition) is 3. The highest BCUT2D eigenvalue weighted by atomic mass is 127. The van der Waals surface area contributed by atoms with Gasteiger partial charge in [-0.15, -0.1) is 24.0 Å². The standard InChI is InChI=1S/C19H39N5O3.HI/c1-14(24-9-10-26-12-15(24)2)11-21-16(20-8)22-13-19(6,7)23-17(25)27-18(3,4)5;/h14-15H,9-13H2,1-8H3,(H,23,25)(H2,20,21,22);1H. The zero-order valence-corrected chi connectivity index (χ0v) is 21.0. The van der Waals surface area contributed by atoms with Crippen LogP contribution in [0.1, 0.15) is 48.5 Å². The summed E-state index contributed by atoms with van der Waals surface area (Å²) in [4.78, 5) is 18.7. The van der Waals surface area contributed by atoms with E-state index in [1.807, 2.05) is 34.6 Å². The second-order valence-corrected chi connectivity index (χ2v) is 8.83. The first kappa shape index (κ1) is 27.2. The Bertz CT molecular complexity index is 508. The number of carbonyl (C=O) groups excluding carboxylic acids is 1. The lowest BCUT2D eigenvalue weighted by Gasteiger charge is -2.38. The average Bonchev–Trinajstić information content (AvgIpc) is 2.52. The van der Waals surface area contributed by atoms with Crippen molar-refractivity contribution < 1.29 is 14.3 Å². The van der Waals surface area contributed by atoms with E-state index in [0.29, 0.717) is 24.6 Å². The second kappa shape index (κ2) is 12.0. The number of aliphatic imine (C=N–C) groups is 1. The molecule has 1 heterocycles. The molecule has 9 heteroatoms. The number of halogens is 1. The Morgan fingerprint density at radius 1 is 1.29 bits per heavy atom. The lowest BCUT2D eigenvalue weighted by molar-refractivity contribution is -0.0174. The van der Waals surface area contributed by atoms with Crippen molar-refractivity contribution in [3.8, 4) is 0 Å². The number of ether oxygens (including phenoxy) is 2. The fourth-order valence-electron chi connectivity index (χ4n) is 2.91. The molecule has 2 unspecified atom stereocenters. The van der Waals surface area contributed by atoms with Gasteiger partial charge in [-0.25, -0.2) is 4.79 Å². The fourth-order valence-corrected chi connectivity index (χ4v) is 2.91. The van der Waals surface area contributed by atoms with Gasteiger partial charge < -0.3 is 25.4 Å². The van der Waals surface area contributed by atoms with Crippen LogP contribution in [0.5, 0.6) is 0 Å². The van der Waals surface area contributed by atoms with E-state index in [-0.39, 0.29) is 24.0 Å². The van der Waals surface area contributed by atoms with Gasteiger partial charge in [0.2, 0.25) is 0 Å². The first-order valence-electron chi connectivity index (χ1n) is 9.73. The Labute approximate surface area is 187 Å². The van der Waals surface area contributed by atoms with E-state index in [2.05, 4.69) is 39.7 Å². The van der Waals surface area contributed by atoms with Crippen molar-refractivity contribution in [2.24, 2.45) is 4.99 Å². The largest absolute Gasteiger partial charge is 0.444 e. The Hall–Kier alpha value is -0.810. The molecule has 0 aromatic carbocycles. The first-order chi connectivity index (χ1) is 12.4. The third-order valence-corrected chi connectivity index (χ3v) is 4.31. The highest BCUT2D eigenvalue weighted by molar-refractivity contribution is 14.0. The maximum Gasteiger partial charge on any atom is 0.408 e. The Morgan fingerprint density at radius 2 is 1.93 bits per heavy atom. The zero-order chi connectivity index (χ0) is 20.7. The van der Waals surface area contributed by atoms with E-state index < -0.39 is 17.2 Å². The molecule has 0 bridgehead atoms. The highest BCUT2D eigenvalue weighted by Crippen LogP contribution is 2.10. The molecule has 0 saturated carbocycles. The molecule has 166 valence electrons. The lowest BCUT2D eigenvalue weighted by Crippen LogP contribution is -2.56. The molecule has 1 aliphatic rings. The monoisotopic (exact) mass is 513 g/mol. The van der Waals surface area contributed by atoms with Gasteiger partial charge >= 0.3 is 6.09 Å². The molecule has 0 spiro atoms. The molecule has 1 aliphatic heterocycles. The van der Waals surface area contributed by atoms with Crippen LogP contribution in [0.3, 0.4) is 0 Å². The van der Waals surface area contributed by atoms with Gasteiger partial charge in [0.1, 0.15) is 5.60 Å². The minimum Gasteiger partial charge on any atom is -0.444 e. The molecule has 0 radical (unpaired) electrons. The number of hydrogen-bond acceptors (Lipinski definition) is 5. The van der Waals surface area contributed by atoms with Crippen LogP contribution in [0.4, 0.5) is 4.79 Å². The summed E-state index contributed by atoms with van der Waals surface area (Å²) in [6, 6.07) is 0.790. The van der Waals surface area contributed by atoms with Crippen molar-refractivity contribution in [3.63, 3.8) is 0 Å². The van der Waals surface area contributed by atoms with Crippen LogP contribution in [0.2, 0.25) is 0 Å². The van der Waals surface area contributed by atoms with Crippen molar-refractivity contribution >= 4 is 36.0 Å². The summed E-state index contributed by atoms with van der Waals surface area (Å²) in [6.45, 7) is 17.6. The molecule has 0 aromatic heterocycles. The predicted molar refractivity (Wildman–Crippen MR) is 125 cm³/mol. The van der Waals surface area contributed by atoms with E-state index in [4.69, 9.17) is 9.47 Å². The quantitative estimate of drug-likeness (QED) is 0.287. The Balaban J connectivity index is 0.00000729. The van der Waals surface area contributed by atoms with Crippen molar-refractivity contribution in [1.29, 1.82) is 0 Å². The van der Waals surface area contributed by atoms with E-state index >= 15 is 0 Å². The van der Waals surface area contributed by atoms with E-state index in [1.54, 1.807) is 7.05 Å². The molecule has 8 nitrogen and oxygen atoms in total. The maximum atomic E-state index is 12.0. The number of guanidine groups is 1. The van der Waals surface area contributed by atoms with Crippen molar-refractivity contribution in [1.82, 2.24) is 20.9 Å². The van der Waals surface area contributed by atoms with Gasteiger partial charge in [0.05, 0.1) is 18.8 Å². The van der Waals surface area contributed by atoms with Crippen LogP contribution in [-0.2, 0) is 9.47 Å². The molecule has 3 N–H and O–H groups in total. The third kappa shape index (κ3) is 10.7. The highest BCUT2D eigenvalue weighted by Gasteiger charge is 2.26. The van der Waals surface area contributed by atoms with Gasteiger partial charge in [0.15, 0.2) is 5.96 Å².